The predicted octanol–water partition coefficient (Wildman–Crippen LogP) is 2.61. The highest BCUT2D eigenvalue weighted by Gasteiger charge is 2.81. The van der Waals surface area contributed by atoms with E-state index in [1.54, 1.807) is 11.0 Å². The largest absolute Gasteiger partial charge is 0.386 e. The van der Waals surface area contributed by atoms with Crippen LogP contribution in [0.3, 0.4) is 0 Å². The molecule has 19 heavy (non-hydrogen) atoms. The Morgan fingerprint density at radius 1 is 1.37 bits per heavy atom. The van der Waals surface area contributed by atoms with Gasteiger partial charge >= 0.3 is 0 Å². The van der Waals surface area contributed by atoms with Gasteiger partial charge in [0.15, 0.2) is 0 Å². The maximum atomic E-state index is 11.2. The van der Waals surface area contributed by atoms with Crippen molar-refractivity contribution in [3.05, 3.63) is 12.7 Å². The lowest BCUT2D eigenvalue weighted by Crippen LogP contribution is -2.49. The first kappa shape index (κ1) is 13.9. The molecule has 2 fully saturated rings. The average Bonchev–Trinajstić information content (AvgIpc) is 2.99. The fourth-order valence-corrected chi connectivity index (χ4v) is 4.43. The second-order valence-electron chi connectivity index (χ2n) is 6.26. The van der Waals surface area contributed by atoms with Gasteiger partial charge in [0.05, 0.1) is 11.4 Å². The van der Waals surface area contributed by atoms with E-state index in [0.717, 1.165) is 12.8 Å². The zero-order chi connectivity index (χ0) is 14.1. The SMILES string of the molecule is CC1(C)C(C(O)(Cn2cncn2)C2(Cl)CC2)C1(Cl)Cl. The molecule has 0 bridgehead atoms. The van der Waals surface area contributed by atoms with E-state index in [1.165, 1.54) is 6.33 Å². The van der Waals surface area contributed by atoms with Crippen LogP contribution in [0.5, 0.6) is 0 Å². The number of halogens is 3. The van der Waals surface area contributed by atoms with Crippen LogP contribution in [0.2, 0.25) is 0 Å². The van der Waals surface area contributed by atoms with E-state index in [4.69, 9.17) is 34.8 Å². The summed E-state index contributed by atoms with van der Waals surface area (Å²) in [6, 6.07) is 0. The Labute approximate surface area is 127 Å². The zero-order valence-corrected chi connectivity index (χ0v) is 13.0. The molecule has 4 nitrogen and oxygen atoms in total. The third kappa shape index (κ3) is 1.76. The Bertz CT molecular complexity index is 484. The highest BCUT2D eigenvalue weighted by Crippen LogP contribution is 2.76. The lowest BCUT2D eigenvalue weighted by Gasteiger charge is -2.34. The number of rotatable bonds is 4. The Hall–Kier alpha value is -0.0300. The third-order valence-corrected chi connectivity index (χ3v) is 6.79. The molecule has 2 atom stereocenters. The van der Waals surface area contributed by atoms with Crippen LogP contribution >= 0.6 is 34.8 Å². The van der Waals surface area contributed by atoms with Crippen molar-refractivity contribution in [2.45, 2.75) is 48.0 Å². The van der Waals surface area contributed by atoms with Gasteiger partial charge in [-0.25, -0.2) is 9.67 Å². The van der Waals surface area contributed by atoms with E-state index in [9.17, 15) is 5.11 Å². The predicted molar refractivity (Wildman–Crippen MR) is 74.5 cm³/mol. The molecule has 1 N–H and O–H groups in total. The molecule has 0 amide bonds. The Kier molecular flexibility index (Phi) is 2.78. The second-order valence-corrected chi connectivity index (χ2v) is 8.37. The molecule has 0 aliphatic heterocycles. The van der Waals surface area contributed by atoms with Gasteiger partial charge in [0, 0.05) is 11.3 Å². The molecule has 0 radical (unpaired) electrons. The summed E-state index contributed by atoms with van der Waals surface area (Å²) in [5.74, 6) is -0.292. The standard InChI is InChI=1S/C12H16Cl3N3O/c1-9(2)8(12(9,14)15)11(19,10(13)3-4-10)5-18-7-16-6-17-18/h6-8,19H,3-5H2,1-2H3. The van der Waals surface area contributed by atoms with Crippen molar-refractivity contribution in [1.82, 2.24) is 14.8 Å². The van der Waals surface area contributed by atoms with Gasteiger partial charge < -0.3 is 5.11 Å². The van der Waals surface area contributed by atoms with Crippen molar-refractivity contribution in [2.24, 2.45) is 11.3 Å². The summed E-state index contributed by atoms with van der Waals surface area (Å²) in [6.07, 6.45) is 4.51. The van der Waals surface area contributed by atoms with Gasteiger partial charge in [-0.05, 0) is 12.8 Å². The summed E-state index contributed by atoms with van der Waals surface area (Å²) in [4.78, 5) is 3.23. The summed E-state index contributed by atoms with van der Waals surface area (Å²) in [7, 11) is 0. The topological polar surface area (TPSA) is 50.9 Å². The molecule has 0 saturated heterocycles. The minimum atomic E-state index is -1.19. The number of hydrogen-bond donors (Lipinski definition) is 1. The number of aromatic nitrogens is 3. The summed E-state index contributed by atoms with van der Waals surface area (Å²) >= 11 is 19.2. The van der Waals surface area contributed by atoms with Crippen LogP contribution in [0, 0.1) is 11.3 Å². The highest BCUT2D eigenvalue weighted by atomic mass is 35.5. The van der Waals surface area contributed by atoms with Crippen molar-refractivity contribution < 1.29 is 5.11 Å². The molecule has 3 rings (SSSR count). The van der Waals surface area contributed by atoms with Crippen LogP contribution in [0.1, 0.15) is 26.7 Å². The fraction of sp³-hybridized carbons (Fsp3) is 0.833. The lowest BCUT2D eigenvalue weighted by atomic mass is 9.87. The first-order valence-corrected chi connectivity index (χ1v) is 7.40. The minimum Gasteiger partial charge on any atom is -0.386 e. The lowest BCUT2D eigenvalue weighted by molar-refractivity contribution is -0.0245. The van der Waals surface area contributed by atoms with Gasteiger partial charge in [0.1, 0.15) is 22.6 Å². The Morgan fingerprint density at radius 3 is 2.32 bits per heavy atom. The van der Waals surface area contributed by atoms with Crippen molar-refractivity contribution in [2.75, 3.05) is 0 Å². The van der Waals surface area contributed by atoms with Crippen LogP contribution in [-0.2, 0) is 6.54 Å². The molecule has 2 aliphatic rings. The van der Waals surface area contributed by atoms with Gasteiger partial charge in [-0.1, -0.05) is 13.8 Å². The smallest absolute Gasteiger partial charge is 0.137 e. The van der Waals surface area contributed by atoms with Crippen LogP contribution in [0.15, 0.2) is 12.7 Å². The molecule has 1 aromatic rings. The Morgan fingerprint density at radius 2 is 1.95 bits per heavy atom. The fourth-order valence-electron chi connectivity index (χ4n) is 3.15. The van der Waals surface area contributed by atoms with Gasteiger partial charge in [0.25, 0.3) is 0 Å². The number of hydrogen-bond acceptors (Lipinski definition) is 3. The van der Waals surface area contributed by atoms with E-state index in [0.29, 0.717) is 0 Å². The summed E-state index contributed by atoms with van der Waals surface area (Å²) in [5.41, 5.74) is -1.56. The maximum absolute atomic E-state index is 11.2. The van der Waals surface area contributed by atoms with Gasteiger partial charge in [0.2, 0.25) is 0 Å². The van der Waals surface area contributed by atoms with Crippen LogP contribution in [0.4, 0.5) is 0 Å². The van der Waals surface area contributed by atoms with Crippen LogP contribution in [0.25, 0.3) is 0 Å². The normalized spacial score (nSPS) is 32.6. The number of nitrogens with zero attached hydrogens (tertiary/aromatic N) is 3. The first-order valence-electron chi connectivity index (χ1n) is 6.27. The molecule has 7 heteroatoms. The van der Waals surface area contributed by atoms with Gasteiger partial charge in [-0.15, -0.1) is 34.8 Å². The zero-order valence-electron chi connectivity index (χ0n) is 10.8. The molecular formula is C12H16Cl3N3O. The number of aliphatic hydroxyl groups is 1. The van der Waals surface area contributed by atoms with Gasteiger partial charge in [-0.2, -0.15) is 5.10 Å². The van der Waals surface area contributed by atoms with Crippen molar-refractivity contribution in [1.29, 1.82) is 0 Å². The molecule has 0 spiro atoms. The molecule has 106 valence electrons. The van der Waals surface area contributed by atoms with E-state index in [-0.39, 0.29) is 17.9 Å². The van der Waals surface area contributed by atoms with Crippen LogP contribution in [-0.4, -0.2) is 34.7 Å². The van der Waals surface area contributed by atoms with E-state index >= 15 is 0 Å². The Balaban J connectivity index is 1.95. The highest BCUT2D eigenvalue weighted by molar-refractivity contribution is 6.52. The summed E-state index contributed by atoms with van der Waals surface area (Å²) in [6.45, 7) is 4.16. The third-order valence-electron chi connectivity index (χ3n) is 4.67. The van der Waals surface area contributed by atoms with Crippen molar-refractivity contribution in [3.8, 4) is 0 Å². The minimum absolute atomic E-state index is 0.256. The average molecular weight is 325 g/mol. The second kappa shape index (κ2) is 3.79. The van der Waals surface area contributed by atoms with Crippen LogP contribution < -0.4 is 0 Å². The monoisotopic (exact) mass is 323 g/mol. The van der Waals surface area contributed by atoms with E-state index in [2.05, 4.69) is 10.1 Å². The maximum Gasteiger partial charge on any atom is 0.137 e. The molecule has 2 unspecified atom stereocenters. The molecule has 1 aromatic heterocycles. The molecule has 2 saturated carbocycles. The summed E-state index contributed by atoms with van der Waals surface area (Å²) < 4.78 is 0.619. The van der Waals surface area contributed by atoms with Crippen molar-refractivity contribution in [3.63, 3.8) is 0 Å². The summed E-state index contributed by atoms with van der Waals surface area (Å²) in [5, 5.41) is 15.3. The number of alkyl halides is 3. The first-order chi connectivity index (χ1) is 8.65. The van der Waals surface area contributed by atoms with Gasteiger partial charge in [-0.3, -0.25) is 0 Å². The van der Waals surface area contributed by atoms with Crippen molar-refractivity contribution >= 4 is 34.8 Å². The van der Waals surface area contributed by atoms with E-state index in [1.807, 2.05) is 13.8 Å². The molecule has 2 aliphatic carbocycles. The van der Waals surface area contributed by atoms with E-state index < -0.39 is 14.8 Å². The quantitative estimate of drug-likeness (QED) is 0.866. The molecular weight excluding hydrogens is 309 g/mol. The molecule has 0 aromatic carbocycles. The molecule has 1 heterocycles.